The topological polar surface area (TPSA) is 38.9 Å². The lowest BCUT2D eigenvalue weighted by Crippen LogP contribution is -2.23. The SMILES string of the molecule is NC(c1cccc2cnccc12)C1CCCCC1. The molecule has 2 N–H and O–H groups in total. The first-order chi connectivity index (χ1) is 8.86. The predicted molar refractivity (Wildman–Crippen MR) is 75.2 cm³/mol. The van der Waals surface area contributed by atoms with Crippen LogP contribution < -0.4 is 5.73 Å². The highest BCUT2D eigenvalue weighted by atomic mass is 14.7. The fourth-order valence-electron chi connectivity index (χ4n) is 3.19. The van der Waals surface area contributed by atoms with E-state index >= 15 is 0 Å². The van der Waals surface area contributed by atoms with Gasteiger partial charge < -0.3 is 5.73 Å². The molecule has 1 aliphatic rings. The first-order valence-electron chi connectivity index (χ1n) is 6.94. The van der Waals surface area contributed by atoms with Gasteiger partial charge in [-0.2, -0.15) is 0 Å². The summed E-state index contributed by atoms with van der Waals surface area (Å²) in [6.45, 7) is 0. The van der Waals surface area contributed by atoms with Crippen molar-refractivity contribution in [2.75, 3.05) is 0 Å². The maximum absolute atomic E-state index is 6.52. The van der Waals surface area contributed by atoms with Gasteiger partial charge in [-0.1, -0.05) is 37.5 Å². The molecular formula is C16H20N2. The van der Waals surface area contributed by atoms with Crippen LogP contribution in [0.1, 0.15) is 43.7 Å². The first kappa shape index (κ1) is 11.7. The van der Waals surface area contributed by atoms with E-state index in [1.165, 1.54) is 48.4 Å². The summed E-state index contributed by atoms with van der Waals surface area (Å²) in [5, 5.41) is 2.46. The summed E-state index contributed by atoms with van der Waals surface area (Å²) in [6.07, 6.45) is 10.4. The van der Waals surface area contributed by atoms with Gasteiger partial charge in [0.05, 0.1) is 0 Å². The minimum Gasteiger partial charge on any atom is -0.324 e. The van der Waals surface area contributed by atoms with Gasteiger partial charge in [-0.25, -0.2) is 0 Å². The molecular weight excluding hydrogens is 220 g/mol. The molecule has 0 radical (unpaired) electrons. The molecule has 0 amide bonds. The van der Waals surface area contributed by atoms with Crippen LogP contribution in [0.3, 0.4) is 0 Å². The Morgan fingerprint density at radius 2 is 1.94 bits per heavy atom. The van der Waals surface area contributed by atoms with Crippen molar-refractivity contribution in [1.29, 1.82) is 0 Å². The van der Waals surface area contributed by atoms with Gasteiger partial charge in [0, 0.05) is 23.8 Å². The zero-order valence-electron chi connectivity index (χ0n) is 10.7. The third-order valence-electron chi connectivity index (χ3n) is 4.23. The van der Waals surface area contributed by atoms with Crippen molar-refractivity contribution in [3.63, 3.8) is 0 Å². The molecule has 1 unspecified atom stereocenters. The zero-order valence-corrected chi connectivity index (χ0v) is 10.7. The third-order valence-corrected chi connectivity index (χ3v) is 4.23. The van der Waals surface area contributed by atoms with Crippen LogP contribution in [0.5, 0.6) is 0 Å². The normalized spacial score (nSPS) is 18.9. The number of nitrogens with zero attached hydrogens (tertiary/aromatic N) is 1. The highest BCUT2D eigenvalue weighted by Crippen LogP contribution is 2.35. The minimum absolute atomic E-state index is 0.177. The lowest BCUT2D eigenvalue weighted by molar-refractivity contribution is 0.309. The Morgan fingerprint density at radius 1 is 1.11 bits per heavy atom. The first-order valence-corrected chi connectivity index (χ1v) is 6.94. The summed E-state index contributed by atoms with van der Waals surface area (Å²) in [7, 11) is 0. The molecule has 1 heterocycles. The molecule has 2 aromatic rings. The van der Waals surface area contributed by atoms with E-state index in [0.29, 0.717) is 5.92 Å². The Balaban J connectivity index is 1.97. The Bertz CT molecular complexity index is 524. The Hall–Kier alpha value is -1.41. The van der Waals surface area contributed by atoms with Crippen LogP contribution in [0.15, 0.2) is 36.7 Å². The van der Waals surface area contributed by atoms with Crippen molar-refractivity contribution in [1.82, 2.24) is 4.98 Å². The van der Waals surface area contributed by atoms with E-state index in [-0.39, 0.29) is 6.04 Å². The van der Waals surface area contributed by atoms with E-state index in [1.54, 1.807) is 0 Å². The maximum atomic E-state index is 6.52. The molecule has 1 aliphatic carbocycles. The average Bonchev–Trinajstić information content (AvgIpc) is 2.47. The summed E-state index contributed by atoms with van der Waals surface area (Å²) < 4.78 is 0. The van der Waals surface area contributed by atoms with Crippen LogP contribution in [0.4, 0.5) is 0 Å². The molecule has 1 saturated carbocycles. The van der Waals surface area contributed by atoms with E-state index in [4.69, 9.17) is 5.73 Å². The highest BCUT2D eigenvalue weighted by Gasteiger charge is 2.22. The molecule has 0 aliphatic heterocycles. The Morgan fingerprint density at radius 3 is 2.78 bits per heavy atom. The molecule has 0 spiro atoms. The average molecular weight is 240 g/mol. The van der Waals surface area contributed by atoms with Crippen molar-refractivity contribution in [3.8, 4) is 0 Å². The number of hydrogen-bond donors (Lipinski definition) is 1. The second kappa shape index (κ2) is 5.07. The lowest BCUT2D eigenvalue weighted by Gasteiger charge is -2.28. The second-order valence-corrected chi connectivity index (χ2v) is 5.37. The molecule has 3 rings (SSSR count). The minimum atomic E-state index is 0.177. The molecule has 2 heteroatoms. The smallest absolute Gasteiger partial charge is 0.0346 e. The van der Waals surface area contributed by atoms with E-state index in [1.807, 2.05) is 12.4 Å². The number of nitrogens with two attached hydrogens (primary N) is 1. The number of fused-ring (bicyclic) bond motifs is 1. The molecule has 2 nitrogen and oxygen atoms in total. The van der Waals surface area contributed by atoms with Crippen LogP contribution >= 0.6 is 0 Å². The predicted octanol–water partition coefficient (Wildman–Crippen LogP) is 3.81. The summed E-state index contributed by atoms with van der Waals surface area (Å²) in [5.41, 5.74) is 7.81. The highest BCUT2D eigenvalue weighted by molar-refractivity contribution is 5.85. The van der Waals surface area contributed by atoms with Crippen molar-refractivity contribution < 1.29 is 0 Å². The van der Waals surface area contributed by atoms with Crippen molar-refractivity contribution in [3.05, 3.63) is 42.2 Å². The van der Waals surface area contributed by atoms with E-state index in [0.717, 1.165) is 0 Å². The van der Waals surface area contributed by atoms with Gasteiger partial charge >= 0.3 is 0 Å². The molecule has 1 atom stereocenters. The molecule has 0 bridgehead atoms. The van der Waals surface area contributed by atoms with E-state index < -0.39 is 0 Å². The zero-order chi connectivity index (χ0) is 12.4. The monoisotopic (exact) mass is 240 g/mol. The Labute approximate surface area is 108 Å². The third kappa shape index (κ3) is 2.13. The van der Waals surface area contributed by atoms with Gasteiger partial charge in [-0.3, -0.25) is 4.98 Å². The molecule has 18 heavy (non-hydrogen) atoms. The standard InChI is InChI=1S/C16H20N2/c17-16(12-5-2-1-3-6-12)15-8-4-7-13-11-18-10-9-14(13)15/h4,7-12,16H,1-3,5-6,17H2. The molecule has 1 fully saturated rings. The van der Waals surface area contributed by atoms with Gasteiger partial charge in [-0.05, 0) is 35.8 Å². The second-order valence-electron chi connectivity index (χ2n) is 5.37. The number of aromatic nitrogens is 1. The largest absolute Gasteiger partial charge is 0.324 e. The molecule has 0 saturated heterocycles. The fourth-order valence-corrected chi connectivity index (χ4v) is 3.19. The molecule has 1 aromatic carbocycles. The quantitative estimate of drug-likeness (QED) is 0.866. The van der Waals surface area contributed by atoms with E-state index in [2.05, 4.69) is 29.2 Å². The van der Waals surface area contributed by atoms with Crippen LogP contribution in [-0.2, 0) is 0 Å². The van der Waals surface area contributed by atoms with Gasteiger partial charge in [0.1, 0.15) is 0 Å². The van der Waals surface area contributed by atoms with Gasteiger partial charge in [0.25, 0.3) is 0 Å². The molecule has 1 aromatic heterocycles. The van der Waals surface area contributed by atoms with Gasteiger partial charge in [-0.15, -0.1) is 0 Å². The molecule has 94 valence electrons. The lowest BCUT2D eigenvalue weighted by atomic mass is 9.80. The summed E-state index contributed by atoms with van der Waals surface area (Å²) >= 11 is 0. The van der Waals surface area contributed by atoms with Crippen LogP contribution in [-0.4, -0.2) is 4.98 Å². The summed E-state index contributed by atoms with van der Waals surface area (Å²) in [5.74, 6) is 0.650. The van der Waals surface area contributed by atoms with Crippen LogP contribution in [0.2, 0.25) is 0 Å². The summed E-state index contributed by atoms with van der Waals surface area (Å²) in [6, 6.07) is 8.66. The maximum Gasteiger partial charge on any atom is 0.0346 e. The number of benzene rings is 1. The Kier molecular flexibility index (Phi) is 3.28. The van der Waals surface area contributed by atoms with Crippen molar-refractivity contribution in [2.45, 2.75) is 38.1 Å². The fraction of sp³-hybridized carbons (Fsp3) is 0.438. The van der Waals surface area contributed by atoms with Crippen LogP contribution in [0, 0.1) is 5.92 Å². The summed E-state index contributed by atoms with van der Waals surface area (Å²) in [4.78, 5) is 4.19. The van der Waals surface area contributed by atoms with Gasteiger partial charge in [0.2, 0.25) is 0 Å². The number of rotatable bonds is 2. The van der Waals surface area contributed by atoms with Gasteiger partial charge in [0.15, 0.2) is 0 Å². The van der Waals surface area contributed by atoms with E-state index in [9.17, 15) is 0 Å². The van der Waals surface area contributed by atoms with Crippen LogP contribution in [0.25, 0.3) is 10.8 Å². The van der Waals surface area contributed by atoms with Crippen molar-refractivity contribution in [2.24, 2.45) is 11.7 Å². The number of pyridine rings is 1. The van der Waals surface area contributed by atoms with Crippen molar-refractivity contribution >= 4 is 10.8 Å². The number of hydrogen-bond acceptors (Lipinski definition) is 2.